The summed E-state index contributed by atoms with van der Waals surface area (Å²) in [5.74, 6) is 0.996. The smallest absolute Gasteiger partial charge is 0.268 e. The van der Waals surface area contributed by atoms with Crippen molar-refractivity contribution in [3.05, 3.63) is 46.2 Å². The molecule has 1 saturated heterocycles. The van der Waals surface area contributed by atoms with E-state index in [0.29, 0.717) is 30.4 Å². The monoisotopic (exact) mass is 368 g/mol. The van der Waals surface area contributed by atoms with E-state index in [1.165, 1.54) is 5.56 Å². The van der Waals surface area contributed by atoms with E-state index >= 15 is 0 Å². The second-order valence-corrected chi connectivity index (χ2v) is 7.19. The normalized spacial score (nSPS) is 16.9. The zero-order valence-electron chi connectivity index (χ0n) is 15.9. The molecule has 3 heterocycles. The molecule has 1 aromatic carbocycles. The van der Waals surface area contributed by atoms with Crippen LogP contribution in [-0.4, -0.2) is 34.2 Å². The number of nitrogens with zero attached hydrogens (tertiary/aromatic N) is 2. The summed E-state index contributed by atoms with van der Waals surface area (Å²) in [7, 11) is 0. The maximum atomic E-state index is 12.6. The van der Waals surface area contributed by atoms with E-state index in [1.807, 2.05) is 6.92 Å². The summed E-state index contributed by atoms with van der Waals surface area (Å²) in [4.78, 5) is 20.3. The highest BCUT2D eigenvalue weighted by atomic mass is 16.5. The van der Waals surface area contributed by atoms with Crippen molar-refractivity contribution >= 4 is 16.8 Å². The first-order valence-corrected chi connectivity index (χ1v) is 9.34. The Kier molecular flexibility index (Phi) is 4.70. The van der Waals surface area contributed by atoms with Gasteiger partial charge in [0, 0.05) is 30.5 Å². The van der Waals surface area contributed by atoms with Gasteiger partial charge in [-0.3, -0.25) is 4.79 Å². The molecule has 0 saturated carbocycles. The van der Waals surface area contributed by atoms with Gasteiger partial charge in [0.25, 0.3) is 11.8 Å². The second kappa shape index (κ2) is 7.15. The van der Waals surface area contributed by atoms with Crippen molar-refractivity contribution in [3.8, 4) is 0 Å². The fourth-order valence-electron chi connectivity index (χ4n) is 3.66. The van der Waals surface area contributed by atoms with Gasteiger partial charge < -0.3 is 19.6 Å². The molecule has 4 rings (SSSR count). The van der Waals surface area contributed by atoms with Crippen LogP contribution in [0.5, 0.6) is 0 Å². The third-order valence-electron chi connectivity index (χ3n) is 5.06. The Labute approximate surface area is 157 Å². The summed E-state index contributed by atoms with van der Waals surface area (Å²) in [6.45, 7) is 7.26. The fourth-order valence-corrected chi connectivity index (χ4v) is 3.66. The first kappa shape index (κ1) is 17.7. The lowest BCUT2D eigenvalue weighted by Crippen LogP contribution is -2.26. The van der Waals surface area contributed by atoms with Gasteiger partial charge in [-0.05, 0) is 50.8 Å². The highest BCUT2D eigenvalue weighted by Gasteiger charge is 2.24. The first-order valence-electron chi connectivity index (χ1n) is 9.34. The van der Waals surface area contributed by atoms with Crippen molar-refractivity contribution in [1.82, 2.24) is 20.4 Å². The van der Waals surface area contributed by atoms with Gasteiger partial charge in [0.15, 0.2) is 5.82 Å². The molecule has 27 heavy (non-hydrogen) atoms. The largest absolute Gasteiger partial charge is 0.368 e. The molecular formula is C20H24N4O3. The number of hydrogen-bond donors (Lipinski definition) is 2. The van der Waals surface area contributed by atoms with Gasteiger partial charge in [-0.2, -0.15) is 4.98 Å². The molecule has 3 aromatic rings. The Morgan fingerprint density at radius 1 is 1.33 bits per heavy atom. The van der Waals surface area contributed by atoms with Crippen molar-refractivity contribution < 1.29 is 14.1 Å². The van der Waals surface area contributed by atoms with Crippen LogP contribution in [0.4, 0.5) is 0 Å². The minimum Gasteiger partial charge on any atom is -0.368 e. The predicted molar refractivity (Wildman–Crippen MR) is 101 cm³/mol. The number of nitrogens with one attached hydrogen (secondary N) is 2. The van der Waals surface area contributed by atoms with Gasteiger partial charge in [-0.1, -0.05) is 16.8 Å². The Morgan fingerprint density at radius 2 is 2.19 bits per heavy atom. The minimum absolute atomic E-state index is 0.0819. The summed E-state index contributed by atoms with van der Waals surface area (Å²) in [6, 6.07) is 4.22. The molecule has 0 bridgehead atoms. The number of aryl methyl sites for hydroxylation is 3. The Balaban J connectivity index is 1.40. The lowest BCUT2D eigenvalue weighted by atomic mass is 10.1. The minimum atomic E-state index is -0.122. The molecular weight excluding hydrogens is 344 g/mol. The number of amides is 1. The van der Waals surface area contributed by atoms with Crippen molar-refractivity contribution in [2.75, 3.05) is 13.2 Å². The number of rotatable bonds is 5. The molecule has 0 spiro atoms. The maximum absolute atomic E-state index is 12.6. The van der Waals surface area contributed by atoms with Crippen molar-refractivity contribution in [2.24, 2.45) is 0 Å². The molecule has 2 aromatic heterocycles. The van der Waals surface area contributed by atoms with Crippen molar-refractivity contribution in [1.29, 1.82) is 0 Å². The summed E-state index contributed by atoms with van der Waals surface area (Å²) < 4.78 is 10.8. The maximum Gasteiger partial charge on any atom is 0.268 e. The number of aromatic amines is 1. The third-order valence-corrected chi connectivity index (χ3v) is 5.06. The molecule has 0 radical (unpaired) electrons. The predicted octanol–water partition coefficient (Wildman–Crippen LogP) is 3.30. The Morgan fingerprint density at radius 3 is 2.96 bits per heavy atom. The van der Waals surface area contributed by atoms with E-state index in [0.717, 1.165) is 41.5 Å². The Bertz CT molecular complexity index is 983. The molecule has 1 atom stereocenters. The average Bonchev–Trinajstić information content (AvgIpc) is 3.35. The van der Waals surface area contributed by atoms with Gasteiger partial charge in [0.05, 0.1) is 0 Å². The number of hydrogen-bond acceptors (Lipinski definition) is 5. The average molecular weight is 368 g/mol. The first-order chi connectivity index (χ1) is 13.0. The molecule has 7 nitrogen and oxygen atoms in total. The third kappa shape index (κ3) is 3.47. The van der Waals surface area contributed by atoms with Crippen LogP contribution in [0.2, 0.25) is 0 Å². The number of H-pyrrole nitrogens is 1. The van der Waals surface area contributed by atoms with Crippen LogP contribution in [0.25, 0.3) is 10.9 Å². The molecule has 1 amide bonds. The second-order valence-electron chi connectivity index (χ2n) is 7.19. The SMILES string of the molecule is Cc1cc(C)c2[nH]c(C(=O)NCCc3noc(C4CCCO4)n3)c(C)c2c1. The number of fused-ring (bicyclic) bond motifs is 1. The molecule has 0 aliphatic carbocycles. The van der Waals surface area contributed by atoms with Gasteiger partial charge in [-0.15, -0.1) is 0 Å². The van der Waals surface area contributed by atoms with E-state index in [2.05, 4.69) is 46.4 Å². The van der Waals surface area contributed by atoms with Gasteiger partial charge in [-0.25, -0.2) is 0 Å². The fraction of sp³-hybridized carbons (Fsp3) is 0.450. The van der Waals surface area contributed by atoms with Crippen molar-refractivity contribution in [3.63, 3.8) is 0 Å². The van der Waals surface area contributed by atoms with Crippen LogP contribution in [0.15, 0.2) is 16.7 Å². The standard InChI is InChI=1S/C20H24N4O3/c1-11-9-12(2)17-14(10-11)13(3)18(23-17)19(25)21-7-6-16-22-20(27-24-16)15-5-4-8-26-15/h9-10,15,23H,4-8H2,1-3H3,(H,21,25). The quantitative estimate of drug-likeness (QED) is 0.721. The Hall–Kier alpha value is -2.67. The molecule has 1 unspecified atom stereocenters. The van der Waals surface area contributed by atoms with Gasteiger partial charge in [0.1, 0.15) is 11.8 Å². The van der Waals surface area contributed by atoms with Crippen LogP contribution in [0.1, 0.15) is 57.8 Å². The number of ether oxygens (including phenoxy) is 1. The molecule has 7 heteroatoms. The highest BCUT2D eigenvalue weighted by Crippen LogP contribution is 2.27. The highest BCUT2D eigenvalue weighted by molar-refractivity contribution is 6.01. The van der Waals surface area contributed by atoms with E-state index in [-0.39, 0.29) is 12.0 Å². The zero-order chi connectivity index (χ0) is 19.0. The topological polar surface area (TPSA) is 93.0 Å². The summed E-state index contributed by atoms with van der Waals surface area (Å²) >= 11 is 0. The van der Waals surface area contributed by atoms with Crippen LogP contribution < -0.4 is 5.32 Å². The molecule has 142 valence electrons. The van der Waals surface area contributed by atoms with Crippen LogP contribution in [-0.2, 0) is 11.2 Å². The lowest BCUT2D eigenvalue weighted by Gasteiger charge is -2.03. The van der Waals surface area contributed by atoms with Gasteiger partial charge in [0.2, 0.25) is 0 Å². The zero-order valence-corrected chi connectivity index (χ0v) is 15.9. The molecule has 2 N–H and O–H groups in total. The molecule has 1 fully saturated rings. The van der Waals surface area contributed by atoms with Crippen LogP contribution in [0, 0.1) is 20.8 Å². The van der Waals surface area contributed by atoms with Gasteiger partial charge >= 0.3 is 0 Å². The van der Waals surface area contributed by atoms with E-state index in [1.54, 1.807) is 0 Å². The number of aromatic nitrogens is 3. The summed E-state index contributed by atoms with van der Waals surface area (Å²) in [5.41, 5.74) is 4.91. The number of carbonyl (C=O) groups excluding carboxylic acids is 1. The van der Waals surface area contributed by atoms with E-state index in [4.69, 9.17) is 9.26 Å². The summed E-state index contributed by atoms with van der Waals surface area (Å²) in [5, 5.41) is 8.01. The summed E-state index contributed by atoms with van der Waals surface area (Å²) in [6.07, 6.45) is 2.36. The lowest BCUT2D eigenvalue weighted by molar-refractivity contribution is 0.0835. The molecule has 1 aliphatic rings. The number of benzene rings is 1. The molecule has 1 aliphatic heterocycles. The van der Waals surface area contributed by atoms with Crippen LogP contribution in [0.3, 0.4) is 0 Å². The van der Waals surface area contributed by atoms with Crippen molar-refractivity contribution in [2.45, 2.75) is 46.1 Å². The van der Waals surface area contributed by atoms with E-state index in [9.17, 15) is 4.79 Å². The number of carbonyl (C=O) groups is 1. The van der Waals surface area contributed by atoms with Crippen LogP contribution >= 0.6 is 0 Å². The van der Waals surface area contributed by atoms with E-state index < -0.39 is 0 Å².